The highest BCUT2D eigenvalue weighted by atomic mass is 19.4. The van der Waals surface area contributed by atoms with E-state index in [1.54, 1.807) is 23.2 Å². The van der Waals surface area contributed by atoms with Crippen LogP contribution in [-0.4, -0.2) is 29.5 Å². The Labute approximate surface area is 197 Å². The molecule has 0 radical (unpaired) electrons. The Morgan fingerprint density at radius 2 is 1.66 bits per heavy atom. The Kier molecular flexibility index (Phi) is 5.96. The largest absolute Gasteiger partial charge is 0.416 e. The molecule has 0 saturated carbocycles. The molecule has 3 aromatic heterocycles. The van der Waals surface area contributed by atoms with E-state index >= 15 is 0 Å². The number of hydrogen-bond donors (Lipinski definition) is 2. The number of imidazole rings is 1. The highest BCUT2D eigenvalue weighted by Gasteiger charge is 2.30. The fourth-order valence-electron chi connectivity index (χ4n) is 3.50. The van der Waals surface area contributed by atoms with Gasteiger partial charge in [0.25, 0.3) is 0 Å². The second kappa shape index (κ2) is 9.37. The molecule has 5 aromatic rings. The van der Waals surface area contributed by atoms with Crippen LogP contribution in [0.4, 0.5) is 30.8 Å². The van der Waals surface area contributed by atoms with Crippen molar-refractivity contribution in [1.29, 1.82) is 0 Å². The van der Waals surface area contributed by atoms with Crippen LogP contribution < -0.4 is 10.6 Å². The highest BCUT2D eigenvalue weighted by Crippen LogP contribution is 2.29. The minimum atomic E-state index is -4.38. The van der Waals surface area contributed by atoms with Crippen molar-refractivity contribution in [3.63, 3.8) is 0 Å². The molecule has 0 saturated heterocycles. The van der Waals surface area contributed by atoms with Gasteiger partial charge < -0.3 is 15.2 Å². The van der Waals surface area contributed by atoms with Gasteiger partial charge in [0.05, 0.1) is 18.4 Å². The Bertz CT molecular complexity index is 1420. The molecule has 8 nitrogen and oxygen atoms in total. The number of benzene rings is 2. The van der Waals surface area contributed by atoms with Gasteiger partial charge in [0.15, 0.2) is 17.0 Å². The Hall–Kier alpha value is -4.54. The van der Waals surface area contributed by atoms with Gasteiger partial charge in [-0.15, -0.1) is 0 Å². The van der Waals surface area contributed by atoms with Crippen LogP contribution in [0.1, 0.15) is 16.7 Å². The van der Waals surface area contributed by atoms with Gasteiger partial charge in [0.1, 0.15) is 12.1 Å². The molecule has 5 rings (SSSR count). The lowest BCUT2D eigenvalue weighted by atomic mass is 10.1. The number of rotatable bonds is 7. The zero-order chi connectivity index (χ0) is 24.3. The van der Waals surface area contributed by atoms with Crippen LogP contribution in [0.5, 0.6) is 0 Å². The zero-order valence-corrected chi connectivity index (χ0v) is 18.2. The molecular weight excluding hydrogens is 457 g/mol. The molecule has 2 aromatic carbocycles. The number of anilines is 3. The van der Waals surface area contributed by atoms with E-state index in [9.17, 15) is 13.2 Å². The number of nitrogens with one attached hydrogen (secondary N) is 2. The highest BCUT2D eigenvalue weighted by molar-refractivity contribution is 5.84. The van der Waals surface area contributed by atoms with Crippen molar-refractivity contribution in [1.82, 2.24) is 29.5 Å². The standard InChI is InChI=1S/C24H19F3N8/c25-24(26,27)18-8-6-17(7-9-18)13-35-15-31-20-21(29-12-16-4-2-1-3-5-16)33-23(34-22(20)35)32-19-10-11-28-14-30-19/h1-11,14-15H,12-13H2,(H2,28,29,30,32,33,34). The first kappa shape index (κ1) is 22.3. The number of alkyl halides is 3. The summed E-state index contributed by atoms with van der Waals surface area (Å²) in [5.41, 5.74) is 2.12. The van der Waals surface area contributed by atoms with Crippen molar-refractivity contribution in [2.24, 2.45) is 0 Å². The van der Waals surface area contributed by atoms with Crippen molar-refractivity contribution >= 4 is 28.7 Å². The maximum absolute atomic E-state index is 12.9. The van der Waals surface area contributed by atoms with Crippen LogP contribution in [0.3, 0.4) is 0 Å². The van der Waals surface area contributed by atoms with E-state index in [1.165, 1.54) is 18.5 Å². The first-order valence-corrected chi connectivity index (χ1v) is 10.7. The number of nitrogens with zero attached hydrogens (tertiary/aromatic N) is 6. The fourth-order valence-corrected chi connectivity index (χ4v) is 3.50. The third-order valence-electron chi connectivity index (χ3n) is 5.22. The molecule has 0 bridgehead atoms. The summed E-state index contributed by atoms with van der Waals surface area (Å²) in [5, 5.41) is 6.37. The van der Waals surface area contributed by atoms with Crippen molar-refractivity contribution < 1.29 is 13.2 Å². The topological polar surface area (TPSA) is 93.4 Å². The third-order valence-corrected chi connectivity index (χ3v) is 5.22. The molecule has 0 aliphatic heterocycles. The van der Waals surface area contributed by atoms with Gasteiger partial charge in [-0.25, -0.2) is 15.0 Å². The maximum Gasteiger partial charge on any atom is 0.416 e. The number of aromatic nitrogens is 6. The summed E-state index contributed by atoms with van der Waals surface area (Å²) in [6, 6.07) is 16.6. The second-order valence-corrected chi connectivity index (χ2v) is 7.69. The van der Waals surface area contributed by atoms with E-state index in [-0.39, 0.29) is 6.54 Å². The Morgan fingerprint density at radius 3 is 2.37 bits per heavy atom. The molecule has 35 heavy (non-hydrogen) atoms. The molecule has 176 valence electrons. The van der Waals surface area contributed by atoms with E-state index < -0.39 is 11.7 Å². The van der Waals surface area contributed by atoms with Crippen molar-refractivity contribution in [2.75, 3.05) is 10.6 Å². The van der Waals surface area contributed by atoms with Crippen LogP contribution >= 0.6 is 0 Å². The molecular formula is C24H19F3N8. The number of hydrogen-bond acceptors (Lipinski definition) is 7. The van der Waals surface area contributed by atoms with Gasteiger partial charge in [-0.1, -0.05) is 42.5 Å². The van der Waals surface area contributed by atoms with E-state index in [4.69, 9.17) is 0 Å². The lowest BCUT2D eigenvalue weighted by molar-refractivity contribution is -0.137. The van der Waals surface area contributed by atoms with Gasteiger partial charge in [0, 0.05) is 12.7 Å². The average Bonchev–Trinajstić information content (AvgIpc) is 3.26. The van der Waals surface area contributed by atoms with Crippen molar-refractivity contribution in [3.05, 3.63) is 96.2 Å². The lowest BCUT2D eigenvalue weighted by Gasteiger charge is -2.11. The minimum absolute atomic E-state index is 0.288. The maximum atomic E-state index is 12.9. The molecule has 0 spiro atoms. The predicted molar refractivity (Wildman–Crippen MR) is 125 cm³/mol. The Balaban J connectivity index is 1.48. The zero-order valence-electron chi connectivity index (χ0n) is 18.2. The fraction of sp³-hybridized carbons (Fsp3) is 0.125. The van der Waals surface area contributed by atoms with Crippen LogP contribution in [0.25, 0.3) is 11.2 Å². The van der Waals surface area contributed by atoms with Gasteiger partial charge >= 0.3 is 6.18 Å². The molecule has 0 fully saturated rings. The first-order chi connectivity index (χ1) is 17.0. The second-order valence-electron chi connectivity index (χ2n) is 7.69. The van der Waals surface area contributed by atoms with E-state index in [0.29, 0.717) is 40.9 Å². The molecule has 3 heterocycles. The SMILES string of the molecule is FC(F)(F)c1ccc(Cn2cnc3c(NCc4ccccc4)nc(Nc4ccncn4)nc32)cc1. The molecule has 0 atom stereocenters. The predicted octanol–water partition coefficient (Wildman–Crippen LogP) is 5.04. The van der Waals surface area contributed by atoms with Crippen LogP contribution in [0.15, 0.2) is 79.5 Å². The Morgan fingerprint density at radius 1 is 0.857 bits per heavy atom. The monoisotopic (exact) mass is 476 g/mol. The first-order valence-electron chi connectivity index (χ1n) is 10.7. The summed E-state index contributed by atoms with van der Waals surface area (Å²) in [4.78, 5) is 21.7. The summed E-state index contributed by atoms with van der Waals surface area (Å²) in [6.45, 7) is 0.808. The van der Waals surface area contributed by atoms with Gasteiger partial charge in [-0.05, 0) is 29.3 Å². The summed E-state index contributed by atoms with van der Waals surface area (Å²) in [7, 11) is 0. The number of fused-ring (bicyclic) bond motifs is 1. The summed E-state index contributed by atoms with van der Waals surface area (Å²) < 4.78 is 40.5. The summed E-state index contributed by atoms with van der Waals surface area (Å²) in [5.74, 6) is 1.32. The quantitative estimate of drug-likeness (QED) is 0.340. The van der Waals surface area contributed by atoms with Crippen LogP contribution in [-0.2, 0) is 19.3 Å². The molecule has 0 aliphatic rings. The van der Waals surface area contributed by atoms with E-state index in [0.717, 1.165) is 17.7 Å². The van der Waals surface area contributed by atoms with E-state index in [1.807, 2.05) is 30.3 Å². The molecule has 0 unspecified atom stereocenters. The normalized spacial score (nSPS) is 11.5. The lowest BCUT2D eigenvalue weighted by Crippen LogP contribution is -2.08. The van der Waals surface area contributed by atoms with Gasteiger partial charge in [-0.2, -0.15) is 23.1 Å². The van der Waals surface area contributed by atoms with Crippen molar-refractivity contribution in [2.45, 2.75) is 19.3 Å². The van der Waals surface area contributed by atoms with E-state index in [2.05, 4.69) is 35.6 Å². The summed E-state index contributed by atoms with van der Waals surface area (Å²) >= 11 is 0. The average molecular weight is 476 g/mol. The number of halogens is 3. The van der Waals surface area contributed by atoms with Crippen molar-refractivity contribution in [3.8, 4) is 0 Å². The minimum Gasteiger partial charge on any atom is -0.364 e. The van der Waals surface area contributed by atoms with Gasteiger partial charge in [-0.3, -0.25) is 0 Å². The molecule has 2 N–H and O–H groups in total. The third kappa shape index (κ3) is 5.18. The molecule has 11 heteroatoms. The van der Waals surface area contributed by atoms with Crippen LogP contribution in [0.2, 0.25) is 0 Å². The molecule has 0 amide bonds. The smallest absolute Gasteiger partial charge is 0.364 e. The summed E-state index contributed by atoms with van der Waals surface area (Å²) in [6.07, 6.45) is 0.217. The molecule has 0 aliphatic carbocycles. The van der Waals surface area contributed by atoms with Gasteiger partial charge in [0.2, 0.25) is 5.95 Å². The van der Waals surface area contributed by atoms with Crippen LogP contribution in [0, 0.1) is 0 Å².